The summed E-state index contributed by atoms with van der Waals surface area (Å²) in [5, 5.41) is 0. The third kappa shape index (κ3) is 2.58. The molecule has 0 aliphatic carbocycles. The van der Waals surface area contributed by atoms with E-state index >= 15 is 0 Å². The number of hydrogen-bond donors (Lipinski definition) is 0. The Morgan fingerprint density at radius 3 is 2.57 bits per heavy atom. The van der Waals surface area contributed by atoms with Gasteiger partial charge in [0.15, 0.2) is 4.73 Å². The van der Waals surface area contributed by atoms with Gasteiger partial charge in [-0.3, -0.25) is 0 Å². The molecule has 0 amide bonds. The Bertz CT molecular complexity index is 351. The first-order chi connectivity index (χ1) is 6.57. The zero-order valence-corrected chi connectivity index (χ0v) is 12.0. The van der Waals surface area contributed by atoms with Crippen molar-refractivity contribution in [1.82, 2.24) is 9.55 Å². The summed E-state index contributed by atoms with van der Waals surface area (Å²) in [6.45, 7) is 2.33. The highest BCUT2D eigenvalue weighted by atomic mass is 79.9. The van der Waals surface area contributed by atoms with Crippen LogP contribution < -0.4 is 0 Å². The van der Waals surface area contributed by atoms with Gasteiger partial charge >= 0.3 is 6.09 Å². The lowest BCUT2D eigenvalue weighted by Crippen LogP contribution is -2.14. The van der Waals surface area contributed by atoms with Crippen molar-refractivity contribution in [2.24, 2.45) is 0 Å². The molecule has 0 fully saturated rings. The maximum Gasteiger partial charge on any atom is 0.421 e. The van der Waals surface area contributed by atoms with Crippen molar-refractivity contribution >= 4 is 53.9 Å². The van der Waals surface area contributed by atoms with Crippen LogP contribution in [0.2, 0.25) is 0 Å². The van der Waals surface area contributed by atoms with Gasteiger partial charge in [0.1, 0.15) is 9.21 Å². The van der Waals surface area contributed by atoms with Crippen molar-refractivity contribution in [1.29, 1.82) is 0 Å². The number of carbonyl (C=O) groups is 1. The fraction of sp³-hybridized carbons (Fsp3) is 0.429. The van der Waals surface area contributed by atoms with Gasteiger partial charge in [0.25, 0.3) is 0 Å². The summed E-state index contributed by atoms with van der Waals surface area (Å²) >= 11 is 9.55. The number of halogens is 3. The number of rotatable bonds is 2. The second-order valence-electron chi connectivity index (χ2n) is 2.41. The third-order valence-electron chi connectivity index (χ3n) is 1.35. The van der Waals surface area contributed by atoms with Gasteiger partial charge in [0, 0.05) is 0 Å². The minimum absolute atomic E-state index is 0.396. The molecular weight excluding hydrogens is 384 g/mol. The Morgan fingerprint density at radius 2 is 2.14 bits per heavy atom. The van der Waals surface area contributed by atoms with Crippen LogP contribution in [0.5, 0.6) is 0 Å². The van der Waals surface area contributed by atoms with Gasteiger partial charge in [0.05, 0.1) is 6.61 Å². The van der Waals surface area contributed by atoms with Crippen molar-refractivity contribution in [3.05, 3.63) is 13.9 Å². The number of carbonyl (C=O) groups excluding carboxylic acids is 1. The molecule has 0 spiro atoms. The van der Waals surface area contributed by atoms with E-state index in [1.54, 1.807) is 0 Å². The zero-order valence-electron chi connectivity index (χ0n) is 7.26. The van der Waals surface area contributed by atoms with Gasteiger partial charge < -0.3 is 4.74 Å². The second kappa shape index (κ2) is 5.27. The van der Waals surface area contributed by atoms with Crippen LogP contribution in [0.3, 0.4) is 0 Å². The molecule has 1 aromatic heterocycles. The molecule has 78 valence electrons. The normalized spacial score (nSPS) is 10.3. The number of ether oxygens (including phenoxy) is 1. The van der Waals surface area contributed by atoms with Crippen LogP contribution in [0, 0.1) is 0 Å². The van der Waals surface area contributed by atoms with Gasteiger partial charge in [-0.25, -0.2) is 14.3 Å². The van der Waals surface area contributed by atoms with Gasteiger partial charge in [-0.1, -0.05) is 6.92 Å². The maximum atomic E-state index is 11.5. The lowest BCUT2D eigenvalue weighted by Gasteiger charge is -2.04. The highest BCUT2D eigenvalue weighted by molar-refractivity contribution is 9.13. The van der Waals surface area contributed by atoms with Crippen LogP contribution in [-0.2, 0) is 4.74 Å². The number of hydrogen-bond acceptors (Lipinski definition) is 3. The molecule has 0 aliphatic rings. The summed E-state index contributed by atoms with van der Waals surface area (Å²) in [5.41, 5.74) is 0. The van der Waals surface area contributed by atoms with E-state index in [9.17, 15) is 4.79 Å². The Morgan fingerprint density at radius 1 is 1.50 bits per heavy atom. The quantitative estimate of drug-likeness (QED) is 0.775. The first kappa shape index (κ1) is 12.2. The topological polar surface area (TPSA) is 44.1 Å². The molecule has 0 N–H and O–H groups in total. The third-order valence-corrected chi connectivity index (χ3v) is 3.70. The summed E-state index contributed by atoms with van der Waals surface area (Å²) in [5.74, 6) is 0. The molecule has 0 unspecified atom stereocenters. The van der Waals surface area contributed by atoms with E-state index in [2.05, 4.69) is 52.8 Å². The summed E-state index contributed by atoms with van der Waals surface area (Å²) < 4.78 is 7.73. The highest BCUT2D eigenvalue weighted by Crippen LogP contribution is 2.26. The SMILES string of the molecule is CCCOC(=O)n1c(Br)nc(Br)c1Br. The Hall–Kier alpha value is 0.120. The fourth-order valence-electron chi connectivity index (χ4n) is 0.760. The van der Waals surface area contributed by atoms with E-state index in [1.165, 1.54) is 4.57 Å². The van der Waals surface area contributed by atoms with E-state index in [1.807, 2.05) is 6.92 Å². The highest BCUT2D eigenvalue weighted by Gasteiger charge is 2.18. The number of nitrogens with zero attached hydrogens (tertiary/aromatic N) is 2. The molecule has 1 heterocycles. The van der Waals surface area contributed by atoms with Crippen LogP contribution in [-0.4, -0.2) is 22.3 Å². The maximum absolute atomic E-state index is 11.5. The molecule has 0 saturated carbocycles. The lowest BCUT2D eigenvalue weighted by molar-refractivity contribution is 0.146. The Kier molecular flexibility index (Phi) is 4.59. The lowest BCUT2D eigenvalue weighted by atomic mass is 10.5. The van der Waals surface area contributed by atoms with Crippen molar-refractivity contribution < 1.29 is 9.53 Å². The van der Waals surface area contributed by atoms with E-state index < -0.39 is 6.09 Å². The monoisotopic (exact) mass is 388 g/mol. The van der Waals surface area contributed by atoms with Crippen molar-refractivity contribution in [2.45, 2.75) is 13.3 Å². The Balaban J connectivity index is 2.89. The van der Waals surface area contributed by atoms with E-state index in [0.29, 0.717) is 20.5 Å². The van der Waals surface area contributed by atoms with E-state index in [-0.39, 0.29) is 0 Å². The van der Waals surface area contributed by atoms with Crippen LogP contribution in [0.25, 0.3) is 0 Å². The predicted octanol–water partition coefficient (Wildman–Crippen LogP) is 3.57. The summed E-state index contributed by atoms with van der Waals surface area (Å²) in [7, 11) is 0. The van der Waals surface area contributed by atoms with Gasteiger partial charge in [-0.15, -0.1) is 0 Å². The van der Waals surface area contributed by atoms with Crippen LogP contribution in [0.1, 0.15) is 13.3 Å². The molecule has 0 radical (unpaired) electrons. The zero-order chi connectivity index (χ0) is 10.7. The van der Waals surface area contributed by atoms with Gasteiger partial charge in [0.2, 0.25) is 0 Å². The largest absolute Gasteiger partial charge is 0.449 e. The van der Waals surface area contributed by atoms with Crippen molar-refractivity contribution in [2.75, 3.05) is 6.61 Å². The van der Waals surface area contributed by atoms with E-state index in [4.69, 9.17) is 4.74 Å². The molecular formula is C7H7Br3N2O2. The first-order valence-corrected chi connectivity index (χ1v) is 6.22. The number of aromatic nitrogens is 2. The molecule has 4 nitrogen and oxygen atoms in total. The summed E-state index contributed by atoms with van der Waals surface area (Å²) in [6.07, 6.45) is 0.334. The molecule has 0 aliphatic heterocycles. The van der Waals surface area contributed by atoms with Gasteiger partial charge in [-0.2, -0.15) is 0 Å². The molecule has 0 bridgehead atoms. The summed E-state index contributed by atoms with van der Waals surface area (Å²) in [6, 6.07) is 0. The molecule has 0 aromatic carbocycles. The standard InChI is InChI=1S/C7H7Br3N2O2/c1-2-3-14-7(13)12-5(9)4(8)11-6(12)10/h2-3H2,1H3. The predicted molar refractivity (Wildman–Crippen MR) is 62.4 cm³/mol. The molecule has 0 saturated heterocycles. The fourth-order valence-corrected chi connectivity index (χ4v) is 2.48. The Labute approximate surface area is 106 Å². The van der Waals surface area contributed by atoms with E-state index in [0.717, 1.165) is 6.42 Å². The molecule has 1 rings (SSSR count). The number of imidazole rings is 1. The molecule has 0 atom stereocenters. The molecule has 14 heavy (non-hydrogen) atoms. The minimum atomic E-state index is -0.455. The smallest absolute Gasteiger partial charge is 0.421 e. The first-order valence-electron chi connectivity index (χ1n) is 3.84. The van der Waals surface area contributed by atoms with Crippen molar-refractivity contribution in [3.63, 3.8) is 0 Å². The van der Waals surface area contributed by atoms with Gasteiger partial charge in [-0.05, 0) is 54.2 Å². The minimum Gasteiger partial charge on any atom is -0.449 e. The average Bonchev–Trinajstić information content (AvgIpc) is 2.38. The average molecular weight is 391 g/mol. The van der Waals surface area contributed by atoms with Crippen LogP contribution in [0.15, 0.2) is 13.9 Å². The van der Waals surface area contributed by atoms with Crippen molar-refractivity contribution in [3.8, 4) is 0 Å². The molecule has 7 heteroatoms. The second-order valence-corrected chi connectivity index (χ2v) is 4.62. The van der Waals surface area contributed by atoms with Crippen LogP contribution >= 0.6 is 47.8 Å². The van der Waals surface area contributed by atoms with Crippen LogP contribution in [0.4, 0.5) is 4.79 Å². The molecule has 1 aromatic rings. The summed E-state index contributed by atoms with van der Waals surface area (Å²) in [4.78, 5) is 15.5.